The van der Waals surface area contributed by atoms with Crippen LogP contribution in [0.2, 0.25) is 0 Å². The third-order valence-electron chi connectivity index (χ3n) is 4.77. The SMILES string of the molecule is CCc1nc2cc3c(cc2n1CC(=O)Nc1ccc(C)cc1C)OCCO3. The number of benzene rings is 2. The highest BCUT2D eigenvalue weighted by Crippen LogP contribution is 2.34. The van der Waals surface area contributed by atoms with E-state index in [1.54, 1.807) is 0 Å². The number of anilines is 1. The summed E-state index contributed by atoms with van der Waals surface area (Å²) in [4.78, 5) is 17.4. The first-order chi connectivity index (χ1) is 13.0. The quantitative estimate of drug-likeness (QED) is 0.767. The van der Waals surface area contributed by atoms with Gasteiger partial charge in [0.15, 0.2) is 11.5 Å². The minimum absolute atomic E-state index is 0.0779. The number of carbonyl (C=O) groups excluding carboxylic acids is 1. The van der Waals surface area contributed by atoms with Crippen LogP contribution in [0.5, 0.6) is 11.5 Å². The molecule has 2 heterocycles. The van der Waals surface area contributed by atoms with Crippen LogP contribution in [0.1, 0.15) is 23.9 Å². The number of fused-ring (bicyclic) bond motifs is 2. The highest BCUT2D eigenvalue weighted by molar-refractivity contribution is 5.92. The third-order valence-corrected chi connectivity index (χ3v) is 4.77. The number of aryl methyl sites for hydroxylation is 3. The molecule has 4 rings (SSSR count). The molecule has 0 aliphatic carbocycles. The Kier molecular flexibility index (Phi) is 4.48. The number of imidazole rings is 1. The summed E-state index contributed by atoms with van der Waals surface area (Å²) in [5.41, 5.74) is 4.75. The molecule has 1 amide bonds. The van der Waals surface area contributed by atoms with Crippen LogP contribution in [-0.2, 0) is 17.8 Å². The second kappa shape index (κ2) is 6.95. The molecule has 1 aliphatic rings. The average molecular weight is 365 g/mol. The molecule has 0 radical (unpaired) electrons. The number of nitrogens with one attached hydrogen (secondary N) is 1. The van der Waals surface area contributed by atoms with Gasteiger partial charge in [-0.25, -0.2) is 4.98 Å². The summed E-state index contributed by atoms with van der Waals surface area (Å²) >= 11 is 0. The van der Waals surface area contributed by atoms with E-state index in [0.717, 1.165) is 34.5 Å². The van der Waals surface area contributed by atoms with E-state index in [1.807, 2.05) is 49.6 Å². The summed E-state index contributed by atoms with van der Waals surface area (Å²) < 4.78 is 13.3. The van der Waals surface area contributed by atoms with Crippen molar-refractivity contribution in [2.45, 2.75) is 33.7 Å². The molecule has 2 aromatic carbocycles. The maximum Gasteiger partial charge on any atom is 0.244 e. The Morgan fingerprint density at radius 2 is 1.89 bits per heavy atom. The van der Waals surface area contributed by atoms with E-state index in [-0.39, 0.29) is 12.5 Å². The van der Waals surface area contributed by atoms with Gasteiger partial charge in [-0.1, -0.05) is 24.6 Å². The van der Waals surface area contributed by atoms with Crippen molar-refractivity contribution in [1.82, 2.24) is 9.55 Å². The zero-order valence-electron chi connectivity index (χ0n) is 15.8. The Balaban J connectivity index is 1.65. The van der Waals surface area contributed by atoms with Crippen molar-refractivity contribution in [2.24, 2.45) is 0 Å². The van der Waals surface area contributed by atoms with Crippen LogP contribution in [0.4, 0.5) is 5.69 Å². The molecule has 0 saturated carbocycles. The predicted molar refractivity (Wildman–Crippen MR) is 105 cm³/mol. The Morgan fingerprint density at radius 1 is 1.15 bits per heavy atom. The number of nitrogens with zero attached hydrogens (tertiary/aromatic N) is 2. The predicted octanol–water partition coefficient (Wildman–Crippen LogP) is 3.63. The topological polar surface area (TPSA) is 65.4 Å². The van der Waals surface area contributed by atoms with Crippen LogP contribution in [0.3, 0.4) is 0 Å². The van der Waals surface area contributed by atoms with E-state index in [2.05, 4.69) is 16.4 Å². The van der Waals surface area contributed by atoms with Crippen molar-refractivity contribution in [3.63, 3.8) is 0 Å². The second-order valence-electron chi connectivity index (χ2n) is 6.82. The minimum Gasteiger partial charge on any atom is -0.486 e. The normalized spacial score (nSPS) is 13.0. The molecule has 1 aromatic heterocycles. The molecule has 0 spiro atoms. The van der Waals surface area contributed by atoms with Crippen molar-refractivity contribution in [3.8, 4) is 11.5 Å². The molecule has 0 unspecified atom stereocenters. The Morgan fingerprint density at radius 3 is 2.59 bits per heavy atom. The zero-order chi connectivity index (χ0) is 19.0. The van der Waals surface area contributed by atoms with Crippen LogP contribution in [0, 0.1) is 13.8 Å². The first-order valence-electron chi connectivity index (χ1n) is 9.21. The van der Waals surface area contributed by atoms with E-state index in [1.165, 1.54) is 5.56 Å². The van der Waals surface area contributed by atoms with Crippen molar-refractivity contribution in [1.29, 1.82) is 0 Å². The molecular weight excluding hydrogens is 342 g/mol. The molecule has 1 N–H and O–H groups in total. The lowest BCUT2D eigenvalue weighted by molar-refractivity contribution is -0.116. The Bertz CT molecular complexity index is 1020. The molecule has 0 atom stereocenters. The summed E-state index contributed by atoms with van der Waals surface area (Å²) in [7, 11) is 0. The van der Waals surface area contributed by atoms with E-state index in [4.69, 9.17) is 9.47 Å². The van der Waals surface area contributed by atoms with Gasteiger partial charge in [0, 0.05) is 24.2 Å². The Hall–Kier alpha value is -3.02. The maximum absolute atomic E-state index is 12.7. The number of ether oxygens (including phenoxy) is 2. The summed E-state index contributed by atoms with van der Waals surface area (Å²) in [5, 5.41) is 3.01. The largest absolute Gasteiger partial charge is 0.486 e. The lowest BCUT2D eigenvalue weighted by atomic mass is 10.1. The molecule has 3 aromatic rings. The first kappa shape index (κ1) is 17.4. The standard InChI is InChI=1S/C21H23N3O3/c1-4-20-22-16-10-18-19(27-8-7-26-18)11-17(16)24(20)12-21(25)23-15-6-5-13(2)9-14(15)3/h5-6,9-11H,4,7-8,12H2,1-3H3,(H,23,25). The highest BCUT2D eigenvalue weighted by atomic mass is 16.6. The molecule has 6 nitrogen and oxygen atoms in total. The first-order valence-corrected chi connectivity index (χ1v) is 9.21. The van der Waals surface area contributed by atoms with Gasteiger partial charge in [0.05, 0.1) is 11.0 Å². The number of rotatable bonds is 4. The van der Waals surface area contributed by atoms with Gasteiger partial charge in [0.2, 0.25) is 5.91 Å². The Labute approximate surface area is 158 Å². The van der Waals surface area contributed by atoms with Crippen LogP contribution in [0.15, 0.2) is 30.3 Å². The number of aromatic nitrogens is 2. The molecule has 0 saturated heterocycles. The van der Waals surface area contributed by atoms with Gasteiger partial charge >= 0.3 is 0 Å². The van der Waals surface area contributed by atoms with Crippen LogP contribution in [0.25, 0.3) is 11.0 Å². The smallest absolute Gasteiger partial charge is 0.244 e. The summed E-state index contributed by atoms with van der Waals surface area (Å²) in [6, 6.07) is 9.80. The monoisotopic (exact) mass is 365 g/mol. The van der Waals surface area contributed by atoms with E-state index < -0.39 is 0 Å². The summed E-state index contributed by atoms with van der Waals surface area (Å²) in [6.07, 6.45) is 0.734. The fourth-order valence-corrected chi connectivity index (χ4v) is 3.45. The van der Waals surface area contributed by atoms with Gasteiger partial charge in [-0.2, -0.15) is 0 Å². The molecular formula is C21H23N3O3. The van der Waals surface area contributed by atoms with Crippen LogP contribution < -0.4 is 14.8 Å². The molecule has 1 aliphatic heterocycles. The van der Waals surface area contributed by atoms with E-state index in [0.29, 0.717) is 24.7 Å². The molecule has 27 heavy (non-hydrogen) atoms. The third kappa shape index (κ3) is 3.35. The van der Waals surface area contributed by atoms with Crippen molar-refractivity contribution >= 4 is 22.6 Å². The van der Waals surface area contributed by atoms with Gasteiger partial charge in [-0.05, 0) is 25.5 Å². The number of hydrogen-bond acceptors (Lipinski definition) is 4. The second-order valence-corrected chi connectivity index (χ2v) is 6.82. The van der Waals surface area contributed by atoms with Gasteiger partial charge in [-0.15, -0.1) is 0 Å². The molecule has 140 valence electrons. The van der Waals surface area contributed by atoms with Gasteiger partial charge in [0.1, 0.15) is 25.6 Å². The van der Waals surface area contributed by atoms with Crippen LogP contribution >= 0.6 is 0 Å². The van der Waals surface area contributed by atoms with Crippen molar-refractivity contribution in [3.05, 3.63) is 47.3 Å². The highest BCUT2D eigenvalue weighted by Gasteiger charge is 2.19. The number of hydrogen-bond donors (Lipinski definition) is 1. The lowest BCUT2D eigenvalue weighted by Crippen LogP contribution is -2.20. The maximum atomic E-state index is 12.7. The minimum atomic E-state index is -0.0779. The summed E-state index contributed by atoms with van der Waals surface area (Å²) in [6.45, 7) is 7.34. The average Bonchev–Trinajstić information content (AvgIpc) is 2.98. The number of carbonyl (C=O) groups is 1. The fraction of sp³-hybridized carbons (Fsp3) is 0.333. The van der Waals surface area contributed by atoms with Crippen molar-refractivity contribution < 1.29 is 14.3 Å². The van der Waals surface area contributed by atoms with Gasteiger partial charge < -0.3 is 19.4 Å². The zero-order valence-corrected chi connectivity index (χ0v) is 15.8. The fourth-order valence-electron chi connectivity index (χ4n) is 3.45. The lowest BCUT2D eigenvalue weighted by Gasteiger charge is -2.18. The summed E-state index contributed by atoms with van der Waals surface area (Å²) in [5.74, 6) is 2.20. The number of amides is 1. The molecule has 6 heteroatoms. The van der Waals surface area contributed by atoms with Crippen molar-refractivity contribution in [2.75, 3.05) is 18.5 Å². The van der Waals surface area contributed by atoms with Gasteiger partial charge in [0.25, 0.3) is 0 Å². The van der Waals surface area contributed by atoms with Crippen LogP contribution in [-0.4, -0.2) is 28.7 Å². The molecule has 0 fully saturated rings. The van der Waals surface area contributed by atoms with Gasteiger partial charge in [-0.3, -0.25) is 4.79 Å². The van der Waals surface area contributed by atoms with E-state index >= 15 is 0 Å². The van der Waals surface area contributed by atoms with E-state index in [9.17, 15) is 4.79 Å². The molecule has 0 bridgehead atoms.